The van der Waals surface area contributed by atoms with Gasteiger partial charge in [-0.25, -0.2) is 0 Å². The molecule has 0 saturated carbocycles. The average molecular weight is 306 g/mol. The summed E-state index contributed by atoms with van der Waals surface area (Å²) in [6.07, 6.45) is 1.40. The van der Waals surface area contributed by atoms with E-state index in [0.29, 0.717) is 13.1 Å². The Morgan fingerprint density at radius 1 is 1.25 bits per heavy atom. The van der Waals surface area contributed by atoms with Crippen molar-refractivity contribution in [3.05, 3.63) is 18.0 Å². The zero-order valence-electron chi connectivity index (χ0n) is 11.1. The summed E-state index contributed by atoms with van der Waals surface area (Å²) in [6, 6.07) is 1.53. The average Bonchev–Trinajstić information content (AvgIpc) is 2.99. The van der Waals surface area contributed by atoms with Crippen molar-refractivity contribution in [3.63, 3.8) is 0 Å². The maximum atomic E-state index is 14.1. The van der Waals surface area contributed by atoms with Crippen LogP contribution in [0.2, 0.25) is 0 Å². The quantitative estimate of drug-likeness (QED) is 0.775. The molecule has 0 spiro atoms. The first kappa shape index (κ1) is 14.2. The van der Waals surface area contributed by atoms with Crippen LogP contribution in [0.3, 0.4) is 0 Å². The lowest BCUT2D eigenvalue weighted by Crippen LogP contribution is -2.52. The Bertz CT molecular complexity index is 442. The first-order valence-corrected chi connectivity index (χ1v) is 7.36. The lowest BCUT2D eigenvalue weighted by atomic mass is 10.2. The Hall–Kier alpha value is -0.740. The van der Waals surface area contributed by atoms with Gasteiger partial charge in [0.25, 0.3) is 0 Å². The van der Waals surface area contributed by atoms with Crippen molar-refractivity contribution in [3.8, 4) is 0 Å². The van der Waals surface area contributed by atoms with E-state index in [4.69, 9.17) is 9.26 Å². The molecule has 0 N–H and O–H groups in total. The Morgan fingerprint density at radius 2 is 1.95 bits per heavy atom. The third-order valence-corrected chi connectivity index (χ3v) is 4.65. The highest BCUT2D eigenvalue weighted by atomic mass is 32.2. The number of hydrogen-bond donors (Lipinski definition) is 0. The van der Waals surface area contributed by atoms with Crippen LogP contribution in [0.4, 0.5) is 8.96 Å². The predicted octanol–water partition coefficient (Wildman–Crippen LogP) is 2.10. The highest BCUT2D eigenvalue weighted by Gasteiger charge is 2.48. The van der Waals surface area contributed by atoms with Gasteiger partial charge in [-0.1, -0.05) is 16.9 Å². The lowest BCUT2D eigenvalue weighted by Gasteiger charge is -2.38. The zero-order chi connectivity index (χ0) is 14.3. The normalized spacial score (nSPS) is 37.6. The number of rotatable bonds is 2. The number of aromatic nitrogens is 1. The second-order valence-electron chi connectivity index (χ2n) is 5.02. The third-order valence-electron chi connectivity index (χ3n) is 3.27. The Balaban J connectivity index is 1.74. The summed E-state index contributed by atoms with van der Waals surface area (Å²) in [7, 11) is 0. The Labute approximate surface area is 119 Å². The third kappa shape index (κ3) is 2.56. The Kier molecular flexibility index (Phi) is 3.95. The van der Waals surface area contributed by atoms with Gasteiger partial charge in [-0.2, -0.15) is 0 Å². The van der Waals surface area contributed by atoms with E-state index in [1.165, 1.54) is 12.3 Å². The van der Waals surface area contributed by atoms with E-state index in [9.17, 15) is 8.96 Å². The summed E-state index contributed by atoms with van der Waals surface area (Å²) in [6.45, 7) is 4.96. The second-order valence-corrected chi connectivity index (χ2v) is 6.16. The molecule has 2 aliphatic rings. The van der Waals surface area contributed by atoms with E-state index in [2.05, 4.69) is 5.16 Å². The maximum absolute atomic E-state index is 14.1. The molecule has 112 valence electrons. The molecule has 1 aromatic rings. The van der Waals surface area contributed by atoms with Crippen LogP contribution < -0.4 is 0 Å². The molecule has 2 saturated heterocycles. The number of halogens is 2. The summed E-state index contributed by atoms with van der Waals surface area (Å²) in [5.74, 6) is 0.289. The number of hydrazine groups is 1. The number of morpholine rings is 1. The van der Waals surface area contributed by atoms with Gasteiger partial charge in [-0.05, 0) is 24.3 Å². The fraction of sp³-hybridized carbons (Fsp3) is 0.727. The van der Waals surface area contributed by atoms with Gasteiger partial charge in [0.1, 0.15) is 0 Å². The Morgan fingerprint density at radius 3 is 2.55 bits per heavy atom. The van der Waals surface area contributed by atoms with E-state index >= 15 is 0 Å². The van der Waals surface area contributed by atoms with Gasteiger partial charge in [0, 0.05) is 19.2 Å². The SMILES string of the molecule is CC1CN(C2SC(c3ccno3)N(F)N2F)CC(C)O1. The zero-order valence-corrected chi connectivity index (χ0v) is 12.0. The topological polar surface area (TPSA) is 45.0 Å². The van der Waals surface area contributed by atoms with E-state index in [0.717, 1.165) is 11.8 Å². The largest absolute Gasteiger partial charge is 0.373 e. The number of hydrogen-bond acceptors (Lipinski definition) is 7. The monoisotopic (exact) mass is 306 g/mol. The van der Waals surface area contributed by atoms with Crippen molar-refractivity contribution in [1.82, 2.24) is 20.5 Å². The van der Waals surface area contributed by atoms with Gasteiger partial charge in [0.05, 0.1) is 18.4 Å². The minimum atomic E-state index is -0.860. The van der Waals surface area contributed by atoms with Gasteiger partial charge < -0.3 is 9.26 Å². The summed E-state index contributed by atoms with van der Waals surface area (Å²) in [5, 5.41) is 2.81. The summed E-state index contributed by atoms with van der Waals surface area (Å²) in [5.41, 5.74) is -0.733. The van der Waals surface area contributed by atoms with Crippen molar-refractivity contribution >= 4 is 11.8 Å². The van der Waals surface area contributed by atoms with Gasteiger partial charge in [0.15, 0.2) is 16.6 Å². The van der Waals surface area contributed by atoms with Crippen LogP contribution in [-0.2, 0) is 4.74 Å². The van der Waals surface area contributed by atoms with E-state index in [1.807, 2.05) is 18.7 Å². The van der Waals surface area contributed by atoms with Gasteiger partial charge >= 0.3 is 0 Å². The van der Waals surface area contributed by atoms with Crippen LogP contribution in [0.25, 0.3) is 0 Å². The number of nitrogens with zero attached hydrogens (tertiary/aromatic N) is 4. The van der Waals surface area contributed by atoms with Crippen molar-refractivity contribution in [1.29, 1.82) is 0 Å². The van der Waals surface area contributed by atoms with Gasteiger partial charge in [-0.15, -0.1) is 8.96 Å². The fourth-order valence-corrected chi connectivity index (χ4v) is 3.77. The molecule has 0 aliphatic carbocycles. The van der Waals surface area contributed by atoms with Crippen LogP contribution >= 0.6 is 11.8 Å². The second kappa shape index (κ2) is 5.57. The maximum Gasteiger partial charge on any atom is 0.168 e. The first-order chi connectivity index (χ1) is 9.56. The molecular weight excluding hydrogens is 290 g/mol. The minimum absolute atomic E-state index is 0.00913. The van der Waals surface area contributed by atoms with Crippen LogP contribution in [-0.4, -0.2) is 51.3 Å². The lowest BCUT2D eigenvalue weighted by molar-refractivity contribution is -0.295. The molecule has 6 nitrogen and oxygen atoms in total. The molecule has 0 bridgehead atoms. The minimum Gasteiger partial charge on any atom is -0.373 e. The van der Waals surface area contributed by atoms with Crippen molar-refractivity contribution in [2.24, 2.45) is 0 Å². The van der Waals surface area contributed by atoms with Crippen molar-refractivity contribution in [2.45, 2.75) is 36.9 Å². The van der Waals surface area contributed by atoms with Crippen LogP contribution in [0.15, 0.2) is 16.8 Å². The molecule has 0 amide bonds. The molecule has 0 radical (unpaired) electrons. The van der Waals surface area contributed by atoms with Gasteiger partial charge in [-0.3, -0.25) is 4.90 Å². The fourth-order valence-electron chi connectivity index (χ4n) is 2.55. The standard InChI is InChI=1S/C11H16F2N4O2S/c1-7-5-15(6-8(2)18-7)11-17(13)16(12)10(20-11)9-3-4-14-19-9/h3-4,7-8,10-11H,5-6H2,1-2H3. The molecule has 2 aliphatic heterocycles. The molecule has 20 heavy (non-hydrogen) atoms. The number of thioether (sulfide) groups is 1. The first-order valence-electron chi connectivity index (χ1n) is 6.41. The summed E-state index contributed by atoms with van der Waals surface area (Å²) >= 11 is 1.13. The molecule has 9 heteroatoms. The van der Waals surface area contributed by atoms with Crippen LogP contribution in [0, 0.1) is 0 Å². The van der Waals surface area contributed by atoms with Crippen molar-refractivity contribution < 1.29 is 18.2 Å². The summed E-state index contributed by atoms with van der Waals surface area (Å²) in [4.78, 5) is 1.87. The van der Waals surface area contributed by atoms with Crippen molar-refractivity contribution in [2.75, 3.05) is 13.1 Å². The molecule has 3 rings (SSSR count). The molecule has 4 unspecified atom stereocenters. The molecule has 4 atom stereocenters. The van der Waals surface area contributed by atoms with Crippen LogP contribution in [0.1, 0.15) is 25.0 Å². The van der Waals surface area contributed by atoms with E-state index in [1.54, 1.807) is 0 Å². The van der Waals surface area contributed by atoms with Crippen LogP contribution in [0.5, 0.6) is 0 Å². The molecular formula is C11H16F2N4O2S. The molecule has 1 aromatic heterocycles. The van der Waals surface area contributed by atoms with Gasteiger partial charge in [0.2, 0.25) is 0 Å². The smallest absolute Gasteiger partial charge is 0.168 e. The summed E-state index contributed by atoms with van der Waals surface area (Å²) < 4.78 is 38.6. The highest BCUT2D eigenvalue weighted by Crippen LogP contribution is 2.47. The molecule has 2 fully saturated rings. The number of ether oxygens (including phenoxy) is 1. The molecule has 3 heterocycles. The van der Waals surface area contributed by atoms with E-state index < -0.39 is 10.9 Å². The predicted molar refractivity (Wildman–Crippen MR) is 68.1 cm³/mol. The molecule has 0 aromatic carbocycles. The van der Waals surface area contributed by atoms with E-state index in [-0.39, 0.29) is 28.4 Å². The highest BCUT2D eigenvalue weighted by molar-refractivity contribution is 8.00.